The summed E-state index contributed by atoms with van der Waals surface area (Å²) in [4.78, 5) is 9.32. The molecule has 176 valence electrons. The highest BCUT2D eigenvalue weighted by Crippen LogP contribution is 2.30. The molecule has 0 amide bonds. The van der Waals surface area contributed by atoms with E-state index in [1.807, 2.05) is 24.3 Å². The van der Waals surface area contributed by atoms with Crippen molar-refractivity contribution in [2.75, 3.05) is 37.3 Å². The first-order chi connectivity index (χ1) is 16.3. The zero-order valence-electron chi connectivity index (χ0n) is 18.7. The van der Waals surface area contributed by atoms with Crippen molar-refractivity contribution >= 4 is 26.8 Å². The standard InChI is InChI=1S/C25H25N3O5S/c1-34(30,31)33-22-15-20(26-23(16-22)19-5-2-6-21(29)14-19)17-27-9-11-28(12-10-27)24-7-3-4-18-8-13-32-25(18)24/h2-8,13-16,29H,9-12,17H2,1H3. The number of para-hydroxylation sites is 1. The van der Waals surface area contributed by atoms with Gasteiger partial charge in [0.25, 0.3) is 0 Å². The number of nitrogens with zero attached hydrogens (tertiary/aromatic N) is 3. The second-order valence-corrected chi connectivity index (χ2v) is 9.97. The lowest BCUT2D eigenvalue weighted by Gasteiger charge is -2.36. The number of hydrogen-bond donors (Lipinski definition) is 1. The highest BCUT2D eigenvalue weighted by molar-refractivity contribution is 7.86. The average Bonchev–Trinajstić information content (AvgIpc) is 3.27. The molecule has 1 aliphatic heterocycles. The molecule has 2 aromatic carbocycles. The lowest BCUT2D eigenvalue weighted by atomic mass is 10.1. The average molecular weight is 480 g/mol. The summed E-state index contributed by atoms with van der Waals surface area (Å²) < 4.78 is 34.3. The Hall–Kier alpha value is -3.56. The van der Waals surface area contributed by atoms with Crippen molar-refractivity contribution in [1.29, 1.82) is 0 Å². The summed E-state index contributed by atoms with van der Waals surface area (Å²) in [7, 11) is -3.69. The first-order valence-corrected chi connectivity index (χ1v) is 12.8. The van der Waals surface area contributed by atoms with Crippen molar-refractivity contribution in [3.63, 3.8) is 0 Å². The molecule has 0 atom stereocenters. The predicted molar refractivity (Wildman–Crippen MR) is 131 cm³/mol. The summed E-state index contributed by atoms with van der Waals surface area (Å²) in [5, 5.41) is 10.9. The third-order valence-electron chi connectivity index (χ3n) is 5.80. The van der Waals surface area contributed by atoms with Crippen LogP contribution in [0.5, 0.6) is 11.5 Å². The Kier molecular flexibility index (Phi) is 5.89. The molecule has 1 N–H and O–H groups in total. The number of anilines is 1. The van der Waals surface area contributed by atoms with Crippen LogP contribution in [0.1, 0.15) is 5.69 Å². The van der Waals surface area contributed by atoms with E-state index in [9.17, 15) is 13.5 Å². The second-order valence-electron chi connectivity index (χ2n) is 8.40. The zero-order chi connectivity index (χ0) is 23.7. The Morgan fingerprint density at radius 2 is 1.82 bits per heavy atom. The number of aromatic hydroxyl groups is 1. The topological polar surface area (TPSA) is 96.1 Å². The molecule has 34 heavy (non-hydrogen) atoms. The van der Waals surface area contributed by atoms with Crippen LogP contribution in [0, 0.1) is 0 Å². The maximum atomic E-state index is 11.7. The van der Waals surface area contributed by atoms with Crippen LogP contribution in [-0.2, 0) is 16.7 Å². The van der Waals surface area contributed by atoms with E-state index in [4.69, 9.17) is 13.6 Å². The Labute approximate surface area is 198 Å². The van der Waals surface area contributed by atoms with E-state index >= 15 is 0 Å². The molecule has 0 radical (unpaired) electrons. The second kappa shape index (κ2) is 9.00. The molecule has 0 spiro atoms. The molecule has 0 aliphatic carbocycles. The Morgan fingerprint density at radius 3 is 2.59 bits per heavy atom. The minimum Gasteiger partial charge on any atom is -0.508 e. The highest BCUT2D eigenvalue weighted by atomic mass is 32.2. The van der Waals surface area contributed by atoms with Crippen LogP contribution in [0.15, 0.2) is 71.3 Å². The summed E-state index contributed by atoms with van der Waals surface area (Å²) in [5.41, 5.74) is 3.90. The Morgan fingerprint density at radius 1 is 1.03 bits per heavy atom. The number of piperazine rings is 1. The summed E-state index contributed by atoms with van der Waals surface area (Å²) in [5.74, 6) is 0.312. The van der Waals surface area contributed by atoms with Gasteiger partial charge in [-0.25, -0.2) is 0 Å². The fraction of sp³-hybridized carbons (Fsp3) is 0.240. The third-order valence-corrected chi connectivity index (χ3v) is 6.29. The first-order valence-electron chi connectivity index (χ1n) is 11.0. The van der Waals surface area contributed by atoms with Gasteiger partial charge in [0.15, 0.2) is 5.58 Å². The lowest BCUT2D eigenvalue weighted by molar-refractivity contribution is 0.247. The number of phenols is 1. The molecule has 1 fully saturated rings. The van der Waals surface area contributed by atoms with Crippen LogP contribution in [-0.4, -0.2) is 55.8 Å². The zero-order valence-corrected chi connectivity index (χ0v) is 19.5. The fourth-order valence-corrected chi connectivity index (χ4v) is 4.72. The van der Waals surface area contributed by atoms with Crippen LogP contribution in [0.4, 0.5) is 5.69 Å². The quantitative estimate of drug-likeness (QED) is 0.417. The van der Waals surface area contributed by atoms with Crippen LogP contribution in [0.2, 0.25) is 0 Å². The van der Waals surface area contributed by atoms with Gasteiger partial charge in [-0.05, 0) is 24.3 Å². The Bertz CT molecular complexity index is 1430. The van der Waals surface area contributed by atoms with Crippen molar-refractivity contribution in [2.24, 2.45) is 0 Å². The van der Waals surface area contributed by atoms with Crippen LogP contribution in [0.3, 0.4) is 0 Å². The van der Waals surface area contributed by atoms with Crippen LogP contribution < -0.4 is 9.08 Å². The SMILES string of the molecule is CS(=O)(=O)Oc1cc(CN2CCN(c3cccc4ccoc34)CC2)nc(-c2cccc(O)c2)c1. The smallest absolute Gasteiger partial charge is 0.306 e. The molecule has 5 rings (SSSR count). The molecular weight excluding hydrogens is 454 g/mol. The molecule has 0 bridgehead atoms. The first kappa shape index (κ1) is 22.2. The van der Waals surface area contributed by atoms with Crippen molar-refractivity contribution in [1.82, 2.24) is 9.88 Å². The maximum absolute atomic E-state index is 11.7. The molecule has 0 unspecified atom stereocenters. The summed E-state index contributed by atoms with van der Waals surface area (Å²) >= 11 is 0. The lowest BCUT2D eigenvalue weighted by Crippen LogP contribution is -2.46. The minimum absolute atomic E-state index is 0.109. The minimum atomic E-state index is -3.69. The van der Waals surface area contributed by atoms with E-state index in [1.165, 1.54) is 0 Å². The van der Waals surface area contributed by atoms with Crippen molar-refractivity contribution in [3.8, 4) is 22.8 Å². The fourth-order valence-electron chi connectivity index (χ4n) is 4.28. The van der Waals surface area contributed by atoms with Gasteiger partial charge in [0.05, 0.1) is 29.6 Å². The molecule has 1 saturated heterocycles. The number of pyridine rings is 1. The predicted octanol–water partition coefficient (Wildman–Crippen LogP) is 3.86. The largest absolute Gasteiger partial charge is 0.508 e. The Balaban J connectivity index is 1.35. The highest BCUT2D eigenvalue weighted by Gasteiger charge is 2.21. The van der Waals surface area contributed by atoms with Gasteiger partial charge in [0.2, 0.25) is 0 Å². The molecule has 2 aromatic heterocycles. The van der Waals surface area contributed by atoms with Crippen LogP contribution >= 0.6 is 0 Å². The van der Waals surface area contributed by atoms with Gasteiger partial charge < -0.3 is 18.6 Å². The summed E-state index contributed by atoms with van der Waals surface area (Å²) in [6.07, 6.45) is 2.73. The molecule has 3 heterocycles. The van der Waals surface area contributed by atoms with Crippen molar-refractivity contribution < 1.29 is 22.1 Å². The molecule has 1 aliphatic rings. The number of aromatic nitrogens is 1. The van der Waals surface area contributed by atoms with E-state index in [1.54, 1.807) is 36.6 Å². The number of hydrogen-bond acceptors (Lipinski definition) is 8. The summed E-state index contributed by atoms with van der Waals surface area (Å²) in [6.45, 7) is 3.85. The van der Waals surface area contributed by atoms with Gasteiger partial charge in [-0.15, -0.1) is 0 Å². The molecular formula is C25H25N3O5S. The maximum Gasteiger partial charge on any atom is 0.306 e. The number of phenolic OH excluding ortho intramolecular Hbond substituents is 1. The van der Waals surface area contributed by atoms with E-state index in [-0.39, 0.29) is 11.5 Å². The van der Waals surface area contributed by atoms with E-state index in [0.29, 0.717) is 23.5 Å². The number of furan rings is 1. The number of benzene rings is 2. The van der Waals surface area contributed by atoms with E-state index in [2.05, 4.69) is 15.9 Å². The third kappa shape index (κ3) is 5.00. The van der Waals surface area contributed by atoms with Gasteiger partial charge in [-0.3, -0.25) is 9.88 Å². The molecule has 8 nitrogen and oxygen atoms in total. The van der Waals surface area contributed by atoms with E-state index < -0.39 is 10.1 Å². The van der Waals surface area contributed by atoms with Gasteiger partial charge in [-0.2, -0.15) is 8.42 Å². The van der Waals surface area contributed by atoms with Crippen molar-refractivity contribution in [3.05, 3.63) is 72.6 Å². The molecule has 0 saturated carbocycles. The van der Waals surface area contributed by atoms with Crippen LogP contribution in [0.25, 0.3) is 22.2 Å². The summed E-state index contributed by atoms with van der Waals surface area (Å²) in [6, 6.07) is 18.0. The normalized spacial score (nSPS) is 15.0. The van der Waals surface area contributed by atoms with Gasteiger partial charge >= 0.3 is 10.1 Å². The van der Waals surface area contributed by atoms with Crippen molar-refractivity contribution in [2.45, 2.75) is 6.54 Å². The molecule has 9 heteroatoms. The van der Waals surface area contributed by atoms with Gasteiger partial charge in [-0.1, -0.05) is 24.3 Å². The van der Waals surface area contributed by atoms with Gasteiger partial charge in [0, 0.05) is 55.8 Å². The number of fused-ring (bicyclic) bond motifs is 1. The molecule has 4 aromatic rings. The van der Waals surface area contributed by atoms with E-state index in [0.717, 1.165) is 49.1 Å². The van der Waals surface area contributed by atoms with Gasteiger partial charge in [0.1, 0.15) is 11.5 Å². The monoisotopic (exact) mass is 479 g/mol. The number of rotatable bonds is 6.